The molecule has 68 valence electrons. The van der Waals surface area contributed by atoms with Crippen molar-refractivity contribution in [3.8, 4) is 0 Å². The van der Waals surface area contributed by atoms with Gasteiger partial charge in [0.1, 0.15) is 0 Å². The second-order valence-corrected chi connectivity index (χ2v) is 2.40. The summed E-state index contributed by atoms with van der Waals surface area (Å²) in [6, 6.07) is 0. The van der Waals surface area contributed by atoms with Crippen molar-refractivity contribution in [3.63, 3.8) is 0 Å². The Morgan fingerprint density at radius 3 is 2.58 bits per heavy atom. The molecule has 2 nitrogen and oxygen atoms in total. The van der Waals surface area contributed by atoms with Gasteiger partial charge in [0.05, 0.1) is 6.61 Å². The average Bonchev–Trinajstić information content (AvgIpc) is 2.04. The van der Waals surface area contributed by atoms with Crippen LogP contribution in [0.2, 0.25) is 0 Å². The van der Waals surface area contributed by atoms with Gasteiger partial charge in [-0.15, -0.1) is 0 Å². The Hall–Kier alpha value is -1.05. The molecule has 0 saturated carbocycles. The zero-order valence-corrected chi connectivity index (χ0v) is 7.80. The van der Waals surface area contributed by atoms with Gasteiger partial charge in [0.15, 0.2) is 0 Å². The Bertz CT molecular complexity index is 180. The Labute approximate surface area is 73.9 Å². The number of hydrogen-bond donors (Lipinski definition) is 0. The monoisotopic (exact) mass is 168 g/mol. The van der Waals surface area contributed by atoms with Crippen molar-refractivity contribution in [2.24, 2.45) is 0 Å². The molecule has 0 fully saturated rings. The summed E-state index contributed by atoms with van der Waals surface area (Å²) in [4.78, 5) is 11.2. The van der Waals surface area contributed by atoms with E-state index in [0.29, 0.717) is 12.2 Å². The lowest BCUT2D eigenvalue weighted by Crippen LogP contribution is -2.07. The van der Waals surface area contributed by atoms with Crippen molar-refractivity contribution < 1.29 is 9.53 Å². The molecular formula is C10H16O2. The van der Waals surface area contributed by atoms with Crippen LogP contribution in [0, 0.1) is 0 Å². The summed E-state index contributed by atoms with van der Waals surface area (Å²) in [5, 5.41) is 0. The first kappa shape index (κ1) is 11.0. The van der Waals surface area contributed by atoms with E-state index in [1.807, 2.05) is 6.92 Å². The summed E-state index contributed by atoms with van der Waals surface area (Å²) in [5.74, 6) is -0.223. The highest BCUT2D eigenvalue weighted by molar-refractivity contribution is 5.88. The Kier molecular flexibility index (Phi) is 6.07. The highest BCUT2D eigenvalue weighted by Crippen LogP contribution is 2.06. The number of carbonyl (C=O) groups excluding carboxylic acids is 1. The lowest BCUT2D eigenvalue weighted by molar-refractivity contribution is -0.138. The van der Waals surface area contributed by atoms with Gasteiger partial charge < -0.3 is 4.74 Å². The maximum atomic E-state index is 11.2. The van der Waals surface area contributed by atoms with Crippen molar-refractivity contribution in [3.05, 3.63) is 24.3 Å². The van der Waals surface area contributed by atoms with E-state index < -0.39 is 0 Å². The maximum Gasteiger partial charge on any atom is 0.333 e. The maximum absolute atomic E-state index is 11.2. The van der Waals surface area contributed by atoms with Crippen LogP contribution in [0.5, 0.6) is 0 Å². The van der Waals surface area contributed by atoms with Crippen molar-refractivity contribution >= 4 is 5.97 Å². The number of ether oxygens (including phenoxy) is 1. The second kappa shape index (κ2) is 6.65. The van der Waals surface area contributed by atoms with E-state index in [1.54, 1.807) is 19.1 Å². The highest BCUT2D eigenvalue weighted by Gasteiger charge is 2.07. The number of allylic oxidation sites excluding steroid dienone is 2. The minimum atomic E-state index is -0.223. The zero-order valence-electron chi connectivity index (χ0n) is 7.80. The van der Waals surface area contributed by atoms with Gasteiger partial charge in [-0.25, -0.2) is 4.79 Å². The van der Waals surface area contributed by atoms with Gasteiger partial charge >= 0.3 is 5.97 Å². The molecule has 0 aromatic rings. The van der Waals surface area contributed by atoms with E-state index >= 15 is 0 Å². The second-order valence-electron chi connectivity index (χ2n) is 2.40. The summed E-state index contributed by atoms with van der Waals surface area (Å²) < 4.78 is 4.85. The van der Waals surface area contributed by atoms with E-state index in [4.69, 9.17) is 4.74 Å². The number of rotatable bonds is 5. The van der Waals surface area contributed by atoms with Gasteiger partial charge in [-0.05, 0) is 13.3 Å². The lowest BCUT2D eigenvalue weighted by Gasteiger charge is -2.03. The first-order valence-corrected chi connectivity index (χ1v) is 4.24. The predicted molar refractivity (Wildman–Crippen MR) is 49.8 cm³/mol. The van der Waals surface area contributed by atoms with Crippen LogP contribution in [0.25, 0.3) is 0 Å². The normalized spacial score (nSPS) is 11.0. The van der Waals surface area contributed by atoms with Crippen LogP contribution in [0.1, 0.15) is 26.7 Å². The lowest BCUT2D eigenvalue weighted by atomic mass is 10.1. The number of esters is 1. The third-order valence-electron chi connectivity index (χ3n) is 1.38. The van der Waals surface area contributed by atoms with Gasteiger partial charge in [0.2, 0.25) is 0 Å². The van der Waals surface area contributed by atoms with E-state index in [9.17, 15) is 4.79 Å². The summed E-state index contributed by atoms with van der Waals surface area (Å²) in [6.45, 7) is 7.79. The Morgan fingerprint density at radius 2 is 2.17 bits per heavy atom. The van der Waals surface area contributed by atoms with E-state index in [1.165, 1.54) is 0 Å². The molecule has 0 bridgehead atoms. The molecule has 12 heavy (non-hydrogen) atoms. The van der Waals surface area contributed by atoms with Crippen LogP contribution < -0.4 is 0 Å². The largest absolute Gasteiger partial charge is 0.463 e. The molecule has 0 saturated heterocycles. The molecule has 0 aromatic heterocycles. The van der Waals surface area contributed by atoms with Gasteiger partial charge in [-0.3, -0.25) is 0 Å². The molecule has 0 heterocycles. The molecule has 0 aliphatic rings. The topological polar surface area (TPSA) is 26.3 Å². The van der Waals surface area contributed by atoms with E-state index in [2.05, 4.69) is 6.58 Å². The minimum Gasteiger partial charge on any atom is -0.463 e. The van der Waals surface area contributed by atoms with Crippen LogP contribution >= 0.6 is 0 Å². The van der Waals surface area contributed by atoms with Gasteiger partial charge in [0.25, 0.3) is 0 Å². The molecule has 0 rings (SSSR count). The minimum absolute atomic E-state index is 0.223. The van der Waals surface area contributed by atoms with Gasteiger partial charge in [-0.1, -0.05) is 32.1 Å². The molecule has 0 radical (unpaired) electrons. The third kappa shape index (κ3) is 3.96. The molecule has 0 aliphatic heterocycles. The third-order valence-corrected chi connectivity index (χ3v) is 1.38. The SMILES string of the molecule is C=CC=C(CCC)C(=O)OCC. The Morgan fingerprint density at radius 1 is 1.50 bits per heavy atom. The van der Waals surface area contributed by atoms with Crippen LogP contribution in [-0.4, -0.2) is 12.6 Å². The van der Waals surface area contributed by atoms with Crippen LogP contribution in [0.4, 0.5) is 0 Å². The quantitative estimate of drug-likeness (QED) is 0.358. The molecule has 0 atom stereocenters. The predicted octanol–water partition coefficient (Wildman–Crippen LogP) is 2.46. The summed E-state index contributed by atoms with van der Waals surface area (Å²) >= 11 is 0. The van der Waals surface area contributed by atoms with Crippen LogP contribution in [-0.2, 0) is 9.53 Å². The van der Waals surface area contributed by atoms with Crippen LogP contribution in [0.15, 0.2) is 24.3 Å². The molecule has 2 heteroatoms. The number of hydrogen-bond acceptors (Lipinski definition) is 2. The standard InChI is InChI=1S/C10H16O2/c1-4-7-9(8-5-2)10(11)12-6-3/h4,7H,1,5-6,8H2,2-3H3. The average molecular weight is 168 g/mol. The molecule has 0 amide bonds. The molecule has 0 aromatic carbocycles. The zero-order chi connectivity index (χ0) is 9.40. The summed E-state index contributed by atoms with van der Waals surface area (Å²) in [7, 11) is 0. The first-order chi connectivity index (χ1) is 5.76. The molecule has 0 N–H and O–H groups in total. The Balaban J connectivity index is 4.19. The fourth-order valence-electron chi connectivity index (χ4n) is 0.889. The molecule has 0 spiro atoms. The van der Waals surface area contributed by atoms with E-state index in [0.717, 1.165) is 12.8 Å². The number of carbonyl (C=O) groups is 1. The first-order valence-electron chi connectivity index (χ1n) is 4.24. The van der Waals surface area contributed by atoms with Crippen molar-refractivity contribution in [2.75, 3.05) is 6.61 Å². The van der Waals surface area contributed by atoms with Crippen molar-refractivity contribution in [2.45, 2.75) is 26.7 Å². The fourth-order valence-corrected chi connectivity index (χ4v) is 0.889. The van der Waals surface area contributed by atoms with Crippen LogP contribution in [0.3, 0.4) is 0 Å². The summed E-state index contributed by atoms with van der Waals surface area (Å²) in [5.41, 5.74) is 0.703. The summed E-state index contributed by atoms with van der Waals surface area (Å²) in [6.07, 6.45) is 5.02. The van der Waals surface area contributed by atoms with Gasteiger partial charge in [0, 0.05) is 5.57 Å². The van der Waals surface area contributed by atoms with Crippen molar-refractivity contribution in [1.29, 1.82) is 0 Å². The molecule has 0 unspecified atom stereocenters. The molecular weight excluding hydrogens is 152 g/mol. The molecule has 0 aliphatic carbocycles. The fraction of sp³-hybridized carbons (Fsp3) is 0.500. The van der Waals surface area contributed by atoms with Gasteiger partial charge in [-0.2, -0.15) is 0 Å². The van der Waals surface area contributed by atoms with Crippen molar-refractivity contribution in [1.82, 2.24) is 0 Å². The highest BCUT2D eigenvalue weighted by atomic mass is 16.5. The van der Waals surface area contributed by atoms with E-state index in [-0.39, 0.29) is 5.97 Å². The smallest absolute Gasteiger partial charge is 0.333 e.